The Bertz CT molecular complexity index is 589. The van der Waals surface area contributed by atoms with Crippen LogP contribution in [0.1, 0.15) is 25.0 Å². The molecule has 2 aromatic heterocycles. The van der Waals surface area contributed by atoms with E-state index in [0.29, 0.717) is 13.0 Å². The second-order valence-electron chi connectivity index (χ2n) is 5.28. The summed E-state index contributed by atoms with van der Waals surface area (Å²) < 4.78 is 0. The van der Waals surface area contributed by atoms with E-state index in [0.717, 1.165) is 41.6 Å². The number of anilines is 2. The summed E-state index contributed by atoms with van der Waals surface area (Å²) in [5, 5.41) is 13.2. The Balaban J connectivity index is 1.95. The Labute approximate surface area is 118 Å². The number of H-pyrrole nitrogens is 1. The van der Waals surface area contributed by atoms with Crippen LogP contribution >= 0.6 is 0 Å². The largest absolute Gasteiger partial charge is 0.396 e. The van der Waals surface area contributed by atoms with Crippen molar-refractivity contribution in [2.45, 2.75) is 26.2 Å². The van der Waals surface area contributed by atoms with E-state index in [1.54, 1.807) is 0 Å². The highest BCUT2D eigenvalue weighted by Gasteiger charge is 2.18. The zero-order valence-corrected chi connectivity index (χ0v) is 11.8. The van der Waals surface area contributed by atoms with Gasteiger partial charge in [0.15, 0.2) is 0 Å². The molecule has 0 amide bonds. The lowest BCUT2D eigenvalue weighted by Crippen LogP contribution is -2.21. The van der Waals surface area contributed by atoms with E-state index < -0.39 is 0 Å². The number of nitrogens with zero attached hydrogens (tertiary/aromatic N) is 3. The van der Waals surface area contributed by atoms with Crippen LogP contribution in [-0.2, 0) is 0 Å². The van der Waals surface area contributed by atoms with Gasteiger partial charge >= 0.3 is 0 Å². The summed E-state index contributed by atoms with van der Waals surface area (Å²) >= 11 is 0. The number of aryl methyl sites for hydroxylation is 1. The van der Waals surface area contributed by atoms with Crippen molar-refractivity contribution in [3.63, 3.8) is 0 Å². The Kier molecular flexibility index (Phi) is 3.73. The molecule has 3 heterocycles. The van der Waals surface area contributed by atoms with Gasteiger partial charge in [0.25, 0.3) is 0 Å². The number of rotatable bonds is 5. The van der Waals surface area contributed by atoms with Crippen LogP contribution in [0, 0.1) is 6.92 Å². The highest BCUT2D eigenvalue weighted by atomic mass is 16.3. The molecule has 0 bridgehead atoms. The maximum atomic E-state index is 8.90. The summed E-state index contributed by atoms with van der Waals surface area (Å²) in [6.07, 6.45) is 3.13. The quantitative estimate of drug-likeness (QED) is 0.723. The third kappa shape index (κ3) is 2.56. The molecule has 3 N–H and O–H groups in total. The topological polar surface area (TPSA) is 77.1 Å². The molecule has 1 fully saturated rings. The summed E-state index contributed by atoms with van der Waals surface area (Å²) in [6, 6.07) is 2.06. The van der Waals surface area contributed by atoms with Crippen LogP contribution in [0.5, 0.6) is 0 Å². The molecule has 6 heteroatoms. The molecule has 2 aromatic rings. The third-order valence-electron chi connectivity index (χ3n) is 3.63. The summed E-state index contributed by atoms with van der Waals surface area (Å²) in [7, 11) is 0. The van der Waals surface area contributed by atoms with Crippen LogP contribution in [0.3, 0.4) is 0 Å². The van der Waals surface area contributed by atoms with Crippen molar-refractivity contribution in [3.05, 3.63) is 11.8 Å². The highest BCUT2D eigenvalue weighted by molar-refractivity contribution is 5.89. The fraction of sp³-hybridized carbons (Fsp3) is 0.571. The van der Waals surface area contributed by atoms with Crippen molar-refractivity contribution in [3.8, 4) is 0 Å². The number of aromatic amines is 1. The van der Waals surface area contributed by atoms with Crippen molar-refractivity contribution in [1.29, 1.82) is 0 Å². The molecule has 0 atom stereocenters. The van der Waals surface area contributed by atoms with Crippen LogP contribution < -0.4 is 10.2 Å². The molecule has 108 valence electrons. The summed E-state index contributed by atoms with van der Waals surface area (Å²) in [4.78, 5) is 14.8. The van der Waals surface area contributed by atoms with Gasteiger partial charge in [0, 0.05) is 31.9 Å². The lowest BCUT2D eigenvalue weighted by atomic mass is 10.3. The molecule has 6 nitrogen and oxygen atoms in total. The Hall–Kier alpha value is -1.82. The lowest BCUT2D eigenvalue weighted by Gasteiger charge is -2.16. The molecule has 1 aliphatic rings. The number of aliphatic hydroxyl groups is 1. The smallest absolute Gasteiger partial charge is 0.229 e. The normalized spacial score (nSPS) is 15.2. The van der Waals surface area contributed by atoms with Crippen LogP contribution in [-0.4, -0.2) is 46.3 Å². The van der Waals surface area contributed by atoms with Gasteiger partial charge in [-0.05, 0) is 32.3 Å². The first-order chi connectivity index (χ1) is 9.78. The monoisotopic (exact) mass is 275 g/mol. The number of hydrogen-bond donors (Lipinski definition) is 3. The second-order valence-corrected chi connectivity index (χ2v) is 5.28. The van der Waals surface area contributed by atoms with Crippen LogP contribution in [0.4, 0.5) is 11.8 Å². The van der Waals surface area contributed by atoms with Gasteiger partial charge in [-0.2, -0.15) is 9.97 Å². The Morgan fingerprint density at radius 1 is 1.35 bits per heavy atom. The molecule has 0 spiro atoms. The number of nitrogens with one attached hydrogen (secondary N) is 2. The molecule has 0 aromatic carbocycles. The average Bonchev–Trinajstić information content (AvgIpc) is 3.06. The van der Waals surface area contributed by atoms with Gasteiger partial charge in [-0.25, -0.2) is 0 Å². The maximum Gasteiger partial charge on any atom is 0.229 e. The fourth-order valence-electron chi connectivity index (χ4n) is 2.61. The molecule has 0 unspecified atom stereocenters. The van der Waals surface area contributed by atoms with E-state index in [2.05, 4.69) is 31.2 Å². The number of hydrogen-bond acceptors (Lipinski definition) is 5. The summed E-state index contributed by atoms with van der Waals surface area (Å²) in [6.45, 7) is 4.98. The maximum absolute atomic E-state index is 8.90. The standard InChI is InChI=1S/C14H21N5O/c1-10-9-11-12(15-5-4-8-20)17-14(18-13(11)16-10)19-6-2-3-7-19/h9,20H,2-8H2,1H3,(H2,15,16,17,18). The SMILES string of the molecule is Cc1cc2c(NCCCO)nc(N3CCCC3)nc2[nH]1. The molecule has 1 aliphatic heterocycles. The van der Waals surface area contributed by atoms with Gasteiger partial charge in [-0.3, -0.25) is 0 Å². The van der Waals surface area contributed by atoms with Gasteiger partial charge in [-0.15, -0.1) is 0 Å². The van der Waals surface area contributed by atoms with Gasteiger partial charge in [0.1, 0.15) is 11.5 Å². The molecule has 1 saturated heterocycles. The molecular formula is C14H21N5O. The van der Waals surface area contributed by atoms with Crippen LogP contribution in [0.15, 0.2) is 6.07 Å². The Morgan fingerprint density at radius 2 is 2.15 bits per heavy atom. The molecular weight excluding hydrogens is 254 g/mol. The predicted octanol–water partition coefficient (Wildman–Crippen LogP) is 1.66. The molecule has 0 aliphatic carbocycles. The van der Waals surface area contributed by atoms with Crippen molar-refractivity contribution >= 4 is 22.8 Å². The number of aliphatic hydroxyl groups excluding tert-OH is 1. The third-order valence-corrected chi connectivity index (χ3v) is 3.63. The van der Waals surface area contributed by atoms with Gasteiger partial charge in [0.05, 0.1) is 5.39 Å². The van der Waals surface area contributed by atoms with Crippen molar-refractivity contribution < 1.29 is 5.11 Å². The van der Waals surface area contributed by atoms with E-state index in [1.807, 2.05) is 6.92 Å². The first-order valence-electron chi connectivity index (χ1n) is 7.25. The van der Waals surface area contributed by atoms with Crippen molar-refractivity contribution in [2.75, 3.05) is 36.5 Å². The zero-order chi connectivity index (χ0) is 13.9. The number of fused-ring (bicyclic) bond motifs is 1. The second kappa shape index (κ2) is 5.66. The minimum absolute atomic E-state index is 0.187. The highest BCUT2D eigenvalue weighted by Crippen LogP contribution is 2.25. The predicted molar refractivity (Wildman–Crippen MR) is 80.3 cm³/mol. The van der Waals surface area contributed by atoms with E-state index in [9.17, 15) is 0 Å². The van der Waals surface area contributed by atoms with Crippen molar-refractivity contribution in [2.24, 2.45) is 0 Å². The van der Waals surface area contributed by atoms with Crippen molar-refractivity contribution in [1.82, 2.24) is 15.0 Å². The van der Waals surface area contributed by atoms with Gasteiger partial charge in [-0.1, -0.05) is 0 Å². The summed E-state index contributed by atoms with van der Waals surface area (Å²) in [5.41, 5.74) is 1.96. The van der Waals surface area contributed by atoms with Crippen LogP contribution in [0.2, 0.25) is 0 Å². The number of aromatic nitrogens is 3. The van der Waals surface area contributed by atoms with E-state index in [-0.39, 0.29) is 6.61 Å². The van der Waals surface area contributed by atoms with Gasteiger partial charge in [0.2, 0.25) is 5.95 Å². The fourth-order valence-corrected chi connectivity index (χ4v) is 2.61. The minimum Gasteiger partial charge on any atom is -0.396 e. The van der Waals surface area contributed by atoms with E-state index in [4.69, 9.17) is 5.11 Å². The first kappa shape index (κ1) is 13.2. The molecule has 0 radical (unpaired) electrons. The summed E-state index contributed by atoms with van der Waals surface area (Å²) in [5.74, 6) is 1.65. The molecule has 0 saturated carbocycles. The van der Waals surface area contributed by atoms with E-state index in [1.165, 1.54) is 12.8 Å². The zero-order valence-electron chi connectivity index (χ0n) is 11.8. The first-order valence-corrected chi connectivity index (χ1v) is 7.25. The van der Waals surface area contributed by atoms with Crippen LogP contribution in [0.25, 0.3) is 11.0 Å². The molecule has 3 rings (SSSR count). The Morgan fingerprint density at radius 3 is 2.90 bits per heavy atom. The van der Waals surface area contributed by atoms with E-state index >= 15 is 0 Å². The lowest BCUT2D eigenvalue weighted by molar-refractivity contribution is 0.292. The average molecular weight is 275 g/mol. The minimum atomic E-state index is 0.187. The molecule has 20 heavy (non-hydrogen) atoms. The van der Waals surface area contributed by atoms with Gasteiger partial charge < -0.3 is 20.3 Å².